The van der Waals surface area contributed by atoms with E-state index in [0.29, 0.717) is 16.8 Å². The Morgan fingerprint density at radius 3 is 1.49 bits per heavy atom. The van der Waals surface area contributed by atoms with Crippen LogP contribution < -0.4 is 48.7 Å². The van der Waals surface area contributed by atoms with Crippen LogP contribution in [0.4, 0.5) is 0 Å². The van der Waals surface area contributed by atoms with Gasteiger partial charge in [0.25, 0.3) is 0 Å². The molecular weight excluding hydrogens is 955 g/mol. The third kappa shape index (κ3) is 21.0. The lowest BCUT2D eigenvalue weighted by atomic mass is 10.00. The normalized spacial score (nSPS) is 14.3. The monoisotopic (exact) mass is 1020 g/mol. The third-order valence-electron chi connectivity index (χ3n) is 11.1. The topological polar surface area (TPSA) is 413 Å². The highest BCUT2D eigenvalue weighted by molar-refractivity contribution is 5.99. The molecule has 1 aromatic heterocycles. The van der Waals surface area contributed by atoms with Gasteiger partial charge in [0.05, 0.1) is 25.2 Å². The van der Waals surface area contributed by atoms with Crippen molar-refractivity contribution in [3.63, 3.8) is 0 Å². The summed E-state index contributed by atoms with van der Waals surface area (Å²) >= 11 is 0. The fourth-order valence-corrected chi connectivity index (χ4v) is 7.30. The molecule has 396 valence electrons. The summed E-state index contributed by atoms with van der Waals surface area (Å²) in [5.74, 6) is -13.4. The van der Waals surface area contributed by atoms with Crippen LogP contribution in [0, 0.1) is 11.8 Å². The zero-order valence-corrected chi connectivity index (χ0v) is 40.8. The van der Waals surface area contributed by atoms with Crippen molar-refractivity contribution in [2.75, 3.05) is 0 Å². The van der Waals surface area contributed by atoms with Crippen LogP contribution >= 0.6 is 0 Å². The molecule has 0 aliphatic rings. The second kappa shape index (κ2) is 29.2. The summed E-state index contributed by atoms with van der Waals surface area (Å²) in [5, 5.41) is 45.8. The first kappa shape index (κ1) is 59.1. The molecule has 0 spiro atoms. The third-order valence-corrected chi connectivity index (χ3v) is 11.1. The van der Waals surface area contributed by atoms with Crippen molar-refractivity contribution in [3.05, 3.63) is 90.0 Å². The minimum atomic E-state index is -1.87. The van der Waals surface area contributed by atoms with Crippen LogP contribution in [-0.2, 0) is 72.0 Å². The van der Waals surface area contributed by atoms with E-state index in [1.54, 1.807) is 74.5 Å². The molecule has 0 saturated heterocycles. The van der Waals surface area contributed by atoms with E-state index in [1.807, 2.05) is 0 Å². The Hall–Kier alpha value is -8.22. The van der Waals surface area contributed by atoms with Gasteiger partial charge in [-0.05, 0) is 35.8 Å². The van der Waals surface area contributed by atoms with Gasteiger partial charge in [0.1, 0.15) is 42.3 Å². The van der Waals surface area contributed by atoms with Gasteiger partial charge in [0, 0.05) is 37.6 Å². The Morgan fingerprint density at radius 1 is 0.548 bits per heavy atom. The summed E-state index contributed by atoms with van der Waals surface area (Å²) in [6.45, 7) is 6.58. The fraction of sp³-hybridized carbons (Fsp3) is 0.458. The molecule has 15 N–H and O–H groups in total. The number of primary amides is 1. The predicted molar refractivity (Wildman–Crippen MR) is 259 cm³/mol. The summed E-state index contributed by atoms with van der Waals surface area (Å²) in [6, 6.07) is 4.69. The van der Waals surface area contributed by atoms with E-state index in [0.717, 1.165) is 0 Å². The number of carbonyl (C=O) groups excluding carboxylic acids is 8. The molecule has 8 amide bonds. The van der Waals surface area contributed by atoms with Crippen LogP contribution in [0.1, 0.15) is 76.6 Å². The number of hydrogen-bond acceptors (Lipinski definition) is 13. The number of nitrogens with one attached hydrogen (secondary N) is 8. The molecule has 1 heterocycles. The molecule has 0 aliphatic heterocycles. The molecule has 0 saturated carbocycles. The number of aromatic nitrogens is 2. The van der Waals surface area contributed by atoms with Crippen molar-refractivity contribution < 1.29 is 68.1 Å². The largest absolute Gasteiger partial charge is 0.481 e. The molecule has 0 aliphatic carbocycles. The van der Waals surface area contributed by atoms with Crippen molar-refractivity contribution in [3.8, 4) is 0 Å². The van der Waals surface area contributed by atoms with Gasteiger partial charge in [-0.25, -0.2) is 9.78 Å². The molecule has 0 fully saturated rings. The number of hydrogen-bond donors (Lipinski definition) is 13. The van der Waals surface area contributed by atoms with Gasteiger partial charge in [0.15, 0.2) is 0 Å². The Morgan fingerprint density at radius 2 is 1.00 bits per heavy atom. The number of amides is 8. The Kier molecular flexibility index (Phi) is 23.6. The van der Waals surface area contributed by atoms with Gasteiger partial charge in [-0.2, -0.15) is 0 Å². The first-order chi connectivity index (χ1) is 34.4. The maximum atomic E-state index is 14.3. The molecule has 25 heteroatoms. The molecule has 3 rings (SSSR count). The Bertz CT molecular complexity index is 2390. The number of carboxylic acids is 3. The highest BCUT2D eigenvalue weighted by Crippen LogP contribution is 2.12. The lowest BCUT2D eigenvalue weighted by molar-refractivity contribution is -0.142. The van der Waals surface area contributed by atoms with Gasteiger partial charge in [0.2, 0.25) is 47.3 Å². The van der Waals surface area contributed by atoms with E-state index in [9.17, 15) is 68.1 Å². The molecule has 73 heavy (non-hydrogen) atoms. The number of carbonyl (C=O) groups is 11. The smallest absolute Gasteiger partial charge is 0.326 e. The van der Waals surface area contributed by atoms with Gasteiger partial charge in [-0.15, -0.1) is 0 Å². The molecule has 8 atom stereocenters. The van der Waals surface area contributed by atoms with Crippen LogP contribution in [0.2, 0.25) is 0 Å². The van der Waals surface area contributed by atoms with Crippen LogP contribution in [0.25, 0.3) is 0 Å². The number of carboxylic acid groups (broad SMARTS) is 3. The molecule has 25 nitrogen and oxygen atoms in total. The number of nitrogens with zero attached hydrogens (tertiary/aromatic N) is 1. The number of benzene rings is 2. The van der Waals surface area contributed by atoms with Crippen LogP contribution in [-0.4, -0.2) is 139 Å². The van der Waals surface area contributed by atoms with E-state index in [2.05, 4.69) is 47.2 Å². The molecule has 0 unspecified atom stereocenters. The van der Waals surface area contributed by atoms with Crippen LogP contribution in [0.3, 0.4) is 0 Å². The first-order valence-corrected chi connectivity index (χ1v) is 23.3. The van der Waals surface area contributed by atoms with E-state index in [4.69, 9.17) is 11.5 Å². The number of rotatable bonds is 31. The molecule has 0 radical (unpaired) electrons. The summed E-state index contributed by atoms with van der Waals surface area (Å²) in [6.07, 6.45) is -0.794. The minimum Gasteiger partial charge on any atom is -0.481 e. The highest BCUT2D eigenvalue weighted by Gasteiger charge is 2.36. The molecule has 2 aromatic carbocycles. The lowest BCUT2D eigenvalue weighted by Crippen LogP contribution is -2.61. The van der Waals surface area contributed by atoms with E-state index >= 15 is 0 Å². The van der Waals surface area contributed by atoms with Gasteiger partial charge in [-0.1, -0.05) is 88.4 Å². The SMILES string of the molecule is CC(C)C[C@H](N)C(=O)N[C@@H](CC(=O)O)C(=O)N[C@@H](CCC(=O)O)C(=O)N[C@@H](CC(N)=O)C(=O)N[C@H](C(=O)N[C@@H](Cc1cnc[nH]1)C(=O)N[C@@H](Cc1ccccc1)C(=O)N[C@@H](Cc1ccccc1)C(=O)O)C(C)C. The van der Waals surface area contributed by atoms with Gasteiger partial charge >= 0.3 is 17.9 Å². The maximum absolute atomic E-state index is 14.3. The Labute approximate surface area is 420 Å². The lowest BCUT2D eigenvalue weighted by Gasteiger charge is -2.29. The van der Waals surface area contributed by atoms with Gasteiger partial charge < -0.3 is 69.0 Å². The van der Waals surface area contributed by atoms with Crippen molar-refractivity contribution in [2.45, 2.75) is 127 Å². The van der Waals surface area contributed by atoms with E-state index in [-0.39, 0.29) is 31.6 Å². The number of nitrogens with two attached hydrogens (primary N) is 2. The second-order valence-electron chi connectivity index (χ2n) is 18.0. The Balaban J connectivity index is 1.89. The summed E-state index contributed by atoms with van der Waals surface area (Å²) in [4.78, 5) is 151. The van der Waals surface area contributed by atoms with Crippen LogP contribution in [0.5, 0.6) is 0 Å². The average Bonchev–Trinajstić information content (AvgIpc) is 3.83. The number of aromatic amines is 1. The zero-order valence-electron chi connectivity index (χ0n) is 40.8. The molecule has 3 aromatic rings. The number of imidazole rings is 1. The fourth-order valence-electron chi connectivity index (χ4n) is 7.30. The van der Waals surface area contributed by atoms with Gasteiger partial charge in [-0.3, -0.25) is 47.9 Å². The highest BCUT2D eigenvalue weighted by atomic mass is 16.4. The first-order valence-electron chi connectivity index (χ1n) is 23.3. The standard InChI is InChI=1S/C48H65N11O14/c1-25(2)17-30(49)41(65)54-35(22-39(63)64)45(69)53-31(15-16-38(61)62)42(66)56-34(21-37(50)60)46(70)59-40(26(3)4)47(71)57-33(20-29-23-51-24-52-29)44(68)55-32(18-27-11-7-5-8-12-27)43(67)58-36(48(72)73)19-28-13-9-6-10-14-28/h5-14,23-26,30-36,40H,15-22,49H2,1-4H3,(H2,50,60)(H,51,52)(H,53,69)(H,54,65)(H,55,68)(H,56,66)(H,57,71)(H,58,67)(H,59,70)(H,61,62)(H,63,64)(H,72,73)/t30-,31-,32-,33-,34-,35-,36-,40-/m0/s1. The summed E-state index contributed by atoms with van der Waals surface area (Å²) < 4.78 is 0. The number of aliphatic carboxylic acids is 3. The van der Waals surface area contributed by atoms with Crippen LogP contribution in [0.15, 0.2) is 73.2 Å². The quantitative estimate of drug-likeness (QED) is 0.0337. The van der Waals surface area contributed by atoms with E-state index in [1.165, 1.54) is 26.4 Å². The second-order valence-corrected chi connectivity index (χ2v) is 18.0. The maximum Gasteiger partial charge on any atom is 0.326 e. The summed E-state index contributed by atoms with van der Waals surface area (Å²) in [5.41, 5.74) is 12.9. The van der Waals surface area contributed by atoms with Crippen molar-refractivity contribution in [1.29, 1.82) is 0 Å². The summed E-state index contributed by atoms with van der Waals surface area (Å²) in [7, 11) is 0. The predicted octanol–water partition coefficient (Wildman–Crippen LogP) is -1.84. The molecule has 0 bridgehead atoms. The molecular formula is C48H65N11O14. The number of H-pyrrole nitrogens is 1. The minimum absolute atomic E-state index is 0.0539. The van der Waals surface area contributed by atoms with Crippen molar-refractivity contribution in [1.82, 2.24) is 47.2 Å². The van der Waals surface area contributed by atoms with Crippen molar-refractivity contribution >= 4 is 65.2 Å². The average molecular weight is 1020 g/mol. The van der Waals surface area contributed by atoms with Crippen molar-refractivity contribution in [2.24, 2.45) is 23.3 Å². The van der Waals surface area contributed by atoms with E-state index < -0.39 is 145 Å². The zero-order chi connectivity index (χ0) is 54.4.